The molecule has 0 aliphatic carbocycles. The summed E-state index contributed by atoms with van der Waals surface area (Å²) in [7, 11) is 1.27. The molecule has 13 heteroatoms. The molecular weight excluding hydrogens is 606 g/mol. The summed E-state index contributed by atoms with van der Waals surface area (Å²) in [6, 6.07) is 18.4. The van der Waals surface area contributed by atoms with E-state index < -0.39 is 24.3 Å². The fourth-order valence-electron chi connectivity index (χ4n) is 4.65. The number of hydrogen-bond acceptors (Lipinski definition) is 11. The predicted molar refractivity (Wildman–Crippen MR) is 172 cm³/mol. The number of benzene rings is 3. The van der Waals surface area contributed by atoms with Crippen molar-refractivity contribution in [3.05, 3.63) is 94.2 Å². The van der Waals surface area contributed by atoms with Gasteiger partial charge in [-0.25, -0.2) is 9.59 Å². The van der Waals surface area contributed by atoms with Crippen LogP contribution in [-0.2, 0) is 16.1 Å². The summed E-state index contributed by atoms with van der Waals surface area (Å²) < 4.78 is 28.2. The topological polar surface area (TPSA) is 173 Å². The fraction of sp³-hybridized carbons (Fsp3) is 0.294. The summed E-state index contributed by atoms with van der Waals surface area (Å²) in [4.78, 5) is 24.6. The number of carbonyl (C=O) groups excluding carboxylic acids is 2. The second-order valence-electron chi connectivity index (χ2n) is 10.2. The van der Waals surface area contributed by atoms with Crippen LogP contribution < -0.4 is 35.0 Å². The SMILES string of the molecule is CCOc1cc(/C=N/N[C@@H](O)COc2ccc([C@@H]3NC(=O)NC(C)=C3C(=O)OC)cc2OCC)ccc1OCc1ccc(C#N)cc1. The zero-order chi connectivity index (χ0) is 33.8. The van der Waals surface area contributed by atoms with Crippen molar-refractivity contribution in [3.8, 4) is 29.1 Å². The maximum atomic E-state index is 12.5. The number of allylic oxidation sites excluding steroid dienone is 1. The Labute approximate surface area is 272 Å². The first-order valence-corrected chi connectivity index (χ1v) is 14.9. The Hall–Kier alpha value is -5.74. The summed E-state index contributed by atoms with van der Waals surface area (Å²) in [6.07, 6.45) is 0.361. The standard InChI is InChI=1S/C34H37N5O8/c1-5-44-28-15-24(11-13-26(28)46-19-23-9-7-22(17-35)8-10-23)18-36-39-30(40)20-47-27-14-12-25(16-29(27)45-6-2)32-31(33(41)43-4)21(3)37-34(42)38-32/h7-16,18,30,32,39-40H,5-6,19-20H2,1-4H3,(H2,37,38,42)/b36-18+/t30-,32-/m0/s1. The molecule has 1 heterocycles. The maximum absolute atomic E-state index is 12.5. The second-order valence-corrected chi connectivity index (χ2v) is 10.2. The number of ether oxygens (including phenoxy) is 5. The summed E-state index contributed by atoms with van der Waals surface area (Å²) in [5.41, 5.74) is 6.05. The van der Waals surface area contributed by atoms with Crippen LogP contribution in [0, 0.1) is 11.3 Å². The van der Waals surface area contributed by atoms with E-state index in [0.717, 1.165) is 5.56 Å². The van der Waals surface area contributed by atoms with Gasteiger partial charge in [0.25, 0.3) is 0 Å². The fourth-order valence-corrected chi connectivity index (χ4v) is 4.65. The maximum Gasteiger partial charge on any atom is 0.337 e. The lowest BCUT2D eigenvalue weighted by Crippen LogP contribution is -2.45. The third-order valence-corrected chi connectivity index (χ3v) is 6.85. The average molecular weight is 644 g/mol. The number of urea groups is 1. The molecule has 0 saturated carbocycles. The molecule has 0 unspecified atom stereocenters. The first kappa shape index (κ1) is 34.1. The highest BCUT2D eigenvalue weighted by molar-refractivity contribution is 5.95. The third-order valence-electron chi connectivity index (χ3n) is 6.85. The van der Waals surface area contributed by atoms with Gasteiger partial charge in [0, 0.05) is 5.70 Å². The van der Waals surface area contributed by atoms with Gasteiger partial charge in [0.05, 0.1) is 49.8 Å². The van der Waals surface area contributed by atoms with Crippen molar-refractivity contribution in [3.63, 3.8) is 0 Å². The van der Waals surface area contributed by atoms with Crippen LogP contribution in [0.15, 0.2) is 77.0 Å². The van der Waals surface area contributed by atoms with Crippen LogP contribution >= 0.6 is 0 Å². The summed E-state index contributed by atoms with van der Waals surface area (Å²) in [5, 5.41) is 28.9. The zero-order valence-electron chi connectivity index (χ0n) is 26.5. The van der Waals surface area contributed by atoms with Gasteiger partial charge in [0.1, 0.15) is 13.2 Å². The number of nitrogens with one attached hydrogen (secondary N) is 3. The number of amides is 2. The van der Waals surface area contributed by atoms with Crippen molar-refractivity contribution < 1.29 is 38.4 Å². The van der Waals surface area contributed by atoms with Crippen molar-refractivity contribution in [2.45, 2.75) is 39.6 Å². The highest BCUT2D eigenvalue weighted by Crippen LogP contribution is 2.35. The molecule has 3 aromatic rings. The van der Waals surface area contributed by atoms with Crippen LogP contribution in [-0.4, -0.2) is 56.5 Å². The lowest BCUT2D eigenvalue weighted by Gasteiger charge is -2.28. The monoisotopic (exact) mass is 643 g/mol. The lowest BCUT2D eigenvalue weighted by atomic mass is 9.95. The first-order chi connectivity index (χ1) is 22.8. The van der Waals surface area contributed by atoms with Crippen molar-refractivity contribution >= 4 is 18.2 Å². The van der Waals surface area contributed by atoms with Crippen molar-refractivity contribution in [1.82, 2.24) is 16.1 Å². The van der Waals surface area contributed by atoms with Gasteiger partial charge in [0.2, 0.25) is 0 Å². The van der Waals surface area contributed by atoms with Gasteiger partial charge in [-0.05, 0) is 79.9 Å². The Balaban J connectivity index is 1.37. The van der Waals surface area contributed by atoms with Gasteiger partial charge in [0.15, 0.2) is 29.2 Å². The van der Waals surface area contributed by atoms with Crippen LogP contribution in [0.4, 0.5) is 4.79 Å². The second kappa shape index (κ2) is 16.5. The molecular formula is C34H37N5O8. The molecule has 47 heavy (non-hydrogen) atoms. The molecule has 2 amide bonds. The van der Waals surface area contributed by atoms with E-state index in [0.29, 0.717) is 65.2 Å². The number of hydrazone groups is 1. The Morgan fingerprint density at radius 3 is 2.36 bits per heavy atom. The molecule has 1 aliphatic heterocycles. The Bertz CT molecular complexity index is 1670. The molecule has 246 valence electrons. The van der Waals surface area contributed by atoms with Gasteiger partial charge in [-0.1, -0.05) is 18.2 Å². The molecule has 2 atom stereocenters. The minimum Gasteiger partial charge on any atom is -0.490 e. The first-order valence-electron chi connectivity index (χ1n) is 14.9. The summed E-state index contributed by atoms with van der Waals surface area (Å²) in [5.74, 6) is 1.22. The molecule has 0 bridgehead atoms. The van der Waals surface area contributed by atoms with E-state index in [1.807, 2.05) is 26.0 Å². The number of nitriles is 1. The quantitative estimate of drug-likeness (QED) is 0.0819. The zero-order valence-corrected chi connectivity index (χ0v) is 26.5. The molecule has 0 saturated heterocycles. The molecule has 1 aliphatic rings. The number of nitrogens with zero attached hydrogens (tertiary/aromatic N) is 2. The van der Waals surface area contributed by atoms with Crippen LogP contribution in [0.3, 0.4) is 0 Å². The smallest absolute Gasteiger partial charge is 0.337 e. The molecule has 0 fully saturated rings. The molecule has 4 rings (SSSR count). The van der Waals surface area contributed by atoms with Crippen molar-refractivity contribution in [2.24, 2.45) is 5.10 Å². The average Bonchev–Trinajstić information content (AvgIpc) is 3.07. The minimum atomic E-state index is -1.16. The van der Waals surface area contributed by atoms with E-state index in [1.165, 1.54) is 13.3 Å². The van der Waals surface area contributed by atoms with E-state index in [-0.39, 0.29) is 12.2 Å². The number of methoxy groups -OCH3 is 1. The van der Waals surface area contributed by atoms with Crippen LogP contribution in [0.25, 0.3) is 0 Å². The van der Waals surface area contributed by atoms with E-state index in [1.54, 1.807) is 55.5 Å². The van der Waals surface area contributed by atoms with Crippen LogP contribution in [0.1, 0.15) is 49.1 Å². The van der Waals surface area contributed by atoms with E-state index >= 15 is 0 Å². The molecule has 0 spiro atoms. The molecule has 0 radical (unpaired) electrons. The van der Waals surface area contributed by atoms with Gasteiger partial charge in [-0.2, -0.15) is 10.4 Å². The largest absolute Gasteiger partial charge is 0.490 e. The Kier molecular flexibility index (Phi) is 12.0. The van der Waals surface area contributed by atoms with E-state index in [4.69, 9.17) is 28.9 Å². The van der Waals surface area contributed by atoms with Crippen LogP contribution in [0.2, 0.25) is 0 Å². The highest BCUT2D eigenvalue weighted by Gasteiger charge is 2.32. The van der Waals surface area contributed by atoms with Crippen LogP contribution in [0.5, 0.6) is 23.0 Å². The lowest BCUT2D eigenvalue weighted by molar-refractivity contribution is -0.136. The number of rotatable bonds is 15. The summed E-state index contributed by atoms with van der Waals surface area (Å²) >= 11 is 0. The predicted octanol–water partition coefficient (Wildman–Crippen LogP) is 4.06. The number of aliphatic hydroxyl groups excluding tert-OH is 1. The molecule has 0 aromatic heterocycles. The Morgan fingerprint density at radius 1 is 1.00 bits per heavy atom. The van der Waals surface area contributed by atoms with E-state index in [9.17, 15) is 14.7 Å². The third kappa shape index (κ3) is 9.15. The molecule has 3 aromatic carbocycles. The normalized spacial score (nSPS) is 14.8. The van der Waals surface area contributed by atoms with Crippen molar-refractivity contribution in [2.75, 3.05) is 26.9 Å². The number of carbonyl (C=O) groups is 2. The molecule has 13 nitrogen and oxygen atoms in total. The van der Waals surface area contributed by atoms with Gasteiger partial charge < -0.3 is 39.4 Å². The Morgan fingerprint density at radius 2 is 1.68 bits per heavy atom. The van der Waals surface area contributed by atoms with Gasteiger partial charge >= 0.3 is 12.0 Å². The summed E-state index contributed by atoms with van der Waals surface area (Å²) in [6.45, 7) is 6.20. The van der Waals surface area contributed by atoms with E-state index in [2.05, 4.69) is 27.2 Å². The van der Waals surface area contributed by atoms with Crippen molar-refractivity contribution in [1.29, 1.82) is 5.26 Å². The number of hydrogen-bond donors (Lipinski definition) is 4. The number of aliphatic hydroxyl groups is 1. The van der Waals surface area contributed by atoms with Gasteiger partial charge in [-0.3, -0.25) is 5.43 Å². The van der Waals surface area contributed by atoms with Gasteiger partial charge in [-0.15, -0.1) is 0 Å². The minimum absolute atomic E-state index is 0.167. The number of esters is 1. The molecule has 4 N–H and O–H groups in total. The highest BCUT2D eigenvalue weighted by atomic mass is 16.5.